The number of nitrogens with two attached hydrogens (primary N) is 1. The number of aliphatic hydroxyl groups is 1. The molecule has 3 rings (SSSR count). The second kappa shape index (κ2) is 3.82. The highest BCUT2D eigenvalue weighted by molar-refractivity contribution is 7.18. The molecule has 0 aliphatic heterocycles. The van der Waals surface area contributed by atoms with Gasteiger partial charge in [0.15, 0.2) is 0 Å². The highest BCUT2D eigenvalue weighted by Gasteiger charge is 2.27. The number of nitrogens with one attached hydrogen (secondary N) is 1. The van der Waals surface area contributed by atoms with Crippen LogP contribution in [0.2, 0.25) is 0 Å². The summed E-state index contributed by atoms with van der Waals surface area (Å²) in [6.45, 7) is 2.04. The Hall–Kier alpha value is -1.40. The number of aromatic nitrogens is 2. The predicted octanol–water partition coefficient (Wildman–Crippen LogP) is 1.52. The van der Waals surface area contributed by atoms with Crippen LogP contribution in [0.1, 0.15) is 17.7 Å². The van der Waals surface area contributed by atoms with Gasteiger partial charge < -0.3 is 16.2 Å². The van der Waals surface area contributed by atoms with E-state index in [4.69, 9.17) is 5.73 Å². The van der Waals surface area contributed by atoms with Crippen molar-refractivity contribution in [3.8, 4) is 0 Å². The molecule has 1 saturated carbocycles. The number of thiophene rings is 1. The second-order valence-electron chi connectivity index (χ2n) is 4.47. The Labute approximate surface area is 103 Å². The number of rotatable bonds is 2. The molecule has 2 heterocycles. The number of aliphatic hydroxyl groups excluding tert-OH is 1. The van der Waals surface area contributed by atoms with Crippen LogP contribution in [0.4, 0.5) is 11.8 Å². The summed E-state index contributed by atoms with van der Waals surface area (Å²) in [5.41, 5.74) is 5.69. The van der Waals surface area contributed by atoms with Gasteiger partial charge in [-0.25, -0.2) is 4.98 Å². The van der Waals surface area contributed by atoms with Crippen LogP contribution >= 0.6 is 11.3 Å². The molecule has 4 N–H and O–H groups in total. The summed E-state index contributed by atoms with van der Waals surface area (Å²) in [4.78, 5) is 10.6. The number of nitrogens with zero attached hydrogens (tertiary/aromatic N) is 2. The zero-order valence-corrected chi connectivity index (χ0v) is 10.3. The lowest BCUT2D eigenvalue weighted by molar-refractivity contribution is 0.0836. The first kappa shape index (κ1) is 10.7. The summed E-state index contributed by atoms with van der Waals surface area (Å²) in [6, 6.07) is 2.36. The van der Waals surface area contributed by atoms with Gasteiger partial charge in [-0.1, -0.05) is 0 Å². The largest absolute Gasteiger partial charge is 0.393 e. The number of anilines is 2. The van der Waals surface area contributed by atoms with Gasteiger partial charge >= 0.3 is 0 Å². The third-order valence-corrected chi connectivity index (χ3v) is 3.93. The molecule has 0 unspecified atom stereocenters. The fourth-order valence-corrected chi connectivity index (χ4v) is 2.95. The molecule has 2 aromatic heterocycles. The van der Waals surface area contributed by atoms with Crippen LogP contribution in [-0.4, -0.2) is 27.2 Å². The molecular weight excluding hydrogens is 236 g/mol. The fourth-order valence-electron chi connectivity index (χ4n) is 2.07. The monoisotopic (exact) mass is 250 g/mol. The standard InChI is InChI=1S/C11H14N4OS/c1-5-2-8-9(13-6-3-7(16)4-6)14-11(12)15-10(8)17-5/h2,6-7,16H,3-4H2,1H3,(H3,12,13,14,15). The summed E-state index contributed by atoms with van der Waals surface area (Å²) in [5, 5.41) is 13.6. The lowest BCUT2D eigenvalue weighted by Crippen LogP contribution is -2.39. The Morgan fingerprint density at radius 2 is 2.24 bits per heavy atom. The van der Waals surface area contributed by atoms with Gasteiger partial charge in [-0.3, -0.25) is 0 Å². The quantitative estimate of drug-likeness (QED) is 0.752. The minimum absolute atomic E-state index is 0.175. The summed E-state index contributed by atoms with van der Waals surface area (Å²) in [6.07, 6.45) is 1.37. The zero-order chi connectivity index (χ0) is 12.0. The molecule has 0 spiro atoms. The van der Waals surface area contributed by atoms with E-state index in [0.29, 0.717) is 12.0 Å². The second-order valence-corrected chi connectivity index (χ2v) is 5.71. The topological polar surface area (TPSA) is 84.1 Å². The van der Waals surface area contributed by atoms with E-state index in [1.807, 2.05) is 6.92 Å². The highest BCUT2D eigenvalue weighted by Crippen LogP contribution is 2.31. The molecule has 1 aliphatic rings. The molecule has 0 aromatic carbocycles. The van der Waals surface area contributed by atoms with Gasteiger partial charge in [0.25, 0.3) is 0 Å². The minimum Gasteiger partial charge on any atom is -0.393 e. The molecular formula is C11H14N4OS. The van der Waals surface area contributed by atoms with Gasteiger partial charge in [-0.2, -0.15) is 4.98 Å². The van der Waals surface area contributed by atoms with Gasteiger partial charge in [0.2, 0.25) is 5.95 Å². The van der Waals surface area contributed by atoms with Gasteiger partial charge in [-0.15, -0.1) is 11.3 Å². The number of nitrogen functional groups attached to an aromatic ring is 1. The highest BCUT2D eigenvalue weighted by atomic mass is 32.1. The van der Waals surface area contributed by atoms with Crippen LogP contribution in [-0.2, 0) is 0 Å². The van der Waals surface area contributed by atoms with Crippen molar-refractivity contribution in [1.82, 2.24) is 9.97 Å². The van der Waals surface area contributed by atoms with E-state index in [9.17, 15) is 5.11 Å². The Kier molecular flexibility index (Phi) is 2.41. The third kappa shape index (κ3) is 1.94. The zero-order valence-electron chi connectivity index (χ0n) is 9.47. The van der Waals surface area contributed by atoms with Crippen LogP contribution < -0.4 is 11.1 Å². The summed E-state index contributed by atoms with van der Waals surface area (Å²) < 4.78 is 0. The number of aryl methyl sites for hydroxylation is 1. The maximum Gasteiger partial charge on any atom is 0.223 e. The van der Waals surface area contributed by atoms with E-state index in [0.717, 1.165) is 28.9 Å². The first-order chi connectivity index (χ1) is 8.11. The summed E-state index contributed by atoms with van der Waals surface area (Å²) in [7, 11) is 0. The minimum atomic E-state index is -0.175. The third-order valence-electron chi connectivity index (χ3n) is 2.99. The molecule has 2 aromatic rings. The van der Waals surface area contributed by atoms with Crippen molar-refractivity contribution >= 4 is 33.3 Å². The lowest BCUT2D eigenvalue weighted by atomic mass is 9.89. The molecule has 0 atom stereocenters. The number of fused-ring (bicyclic) bond motifs is 1. The van der Waals surface area contributed by atoms with Crippen LogP contribution in [0.15, 0.2) is 6.07 Å². The van der Waals surface area contributed by atoms with Crippen molar-refractivity contribution in [2.45, 2.75) is 31.9 Å². The normalized spacial score (nSPS) is 23.6. The van der Waals surface area contributed by atoms with E-state index < -0.39 is 0 Å². The first-order valence-corrected chi connectivity index (χ1v) is 6.42. The summed E-state index contributed by atoms with van der Waals surface area (Å²) in [5.74, 6) is 1.08. The van der Waals surface area contributed by atoms with E-state index >= 15 is 0 Å². The van der Waals surface area contributed by atoms with Crippen molar-refractivity contribution in [2.75, 3.05) is 11.1 Å². The smallest absolute Gasteiger partial charge is 0.223 e. The van der Waals surface area contributed by atoms with Crippen molar-refractivity contribution in [3.05, 3.63) is 10.9 Å². The van der Waals surface area contributed by atoms with Crippen LogP contribution in [0.25, 0.3) is 10.2 Å². The number of hydrogen-bond acceptors (Lipinski definition) is 6. The molecule has 0 bridgehead atoms. The molecule has 6 heteroatoms. The maximum absolute atomic E-state index is 9.27. The van der Waals surface area contributed by atoms with Crippen LogP contribution in [0.3, 0.4) is 0 Å². The van der Waals surface area contributed by atoms with Crippen molar-refractivity contribution in [3.63, 3.8) is 0 Å². The van der Waals surface area contributed by atoms with Crippen molar-refractivity contribution in [1.29, 1.82) is 0 Å². The first-order valence-electron chi connectivity index (χ1n) is 5.60. The van der Waals surface area contributed by atoms with Crippen molar-refractivity contribution < 1.29 is 5.11 Å². The Balaban J connectivity index is 1.96. The lowest BCUT2D eigenvalue weighted by Gasteiger charge is -2.32. The molecule has 1 aliphatic carbocycles. The average Bonchev–Trinajstić information content (AvgIpc) is 2.56. The molecule has 5 nitrogen and oxygen atoms in total. The molecule has 0 amide bonds. The Morgan fingerprint density at radius 3 is 2.94 bits per heavy atom. The maximum atomic E-state index is 9.27. The molecule has 0 radical (unpaired) electrons. The predicted molar refractivity (Wildman–Crippen MR) is 69.2 cm³/mol. The van der Waals surface area contributed by atoms with E-state index in [1.54, 1.807) is 11.3 Å². The van der Waals surface area contributed by atoms with Crippen LogP contribution in [0.5, 0.6) is 0 Å². The Bertz CT molecular complexity index is 562. The van der Waals surface area contributed by atoms with Crippen LogP contribution in [0, 0.1) is 6.92 Å². The molecule has 1 fully saturated rings. The van der Waals surface area contributed by atoms with Gasteiger partial charge in [0.1, 0.15) is 10.6 Å². The SMILES string of the molecule is Cc1cc2c(NC3CC(O)C3)nc(N)nc2s1. The van der Waals surface area contributed by atoms with E-state index in [1.165, 1.54) is 4.88 Å². The van der Waals surface area contributed by atoms with Gasteiger partial charge in [0, 0.05) is 10.9 Å². The van der Waals surface area contributed by atoms with E-state index in [-0.39, 0.29) is 6.10 Å². The molecule has 90 valence electrons. The summed E-state index contributed by atoms with van der Waals surface area (Å²) >= 11 is 1.61. The molecule has 17 heavy (non-hydrogen) atoms. The van der Waals surface area contributed by atoms with Gasteiger partial charge in [-0.05, 0) is 25.8 Å². The molecule has 0 saturated heterocycles. The fraction of sp³-hybridized carbons (Fsp3) is 0.455. The average molecular weight is 250 g/mol. The van der Waals surface area contributed by atoms with E-state index in [2.05, 4.69) is 21.4 Å². The number of hydrogen-bond donors (Lipinski definition) is 3. The van der Waals surface area contributed by atoms with Crippen molar-refractivity contribution in [2.24, 2.45) is 0 Å². The van der Waals surface area contributed by atoms with Gasteiger partial charge in [0.05, 0.1) is 11.5 Å². The Morgan fingerprint density at radius 1 is 1.47 bits per heavy atom.